The number of cyclic esters (lactones) is 1. The smallest absolute Gasteiger partial charge is 0.306 e. The lowest BCUT2D eigenvalue weighted by atomic mass is 9.93. The van der Waals surface area contributed by atoms with Gasteiger partial charge < -0.3 is 4.74 Å². The van der Waals surface area contributed by atoms with E-state index in [0.29, 0.717) is 6.42 Å². The van der Waals surface area contributed by atoms with Gasteiger partial charge in [-0.1, -0.05) is 28.1 Å². The van der Waals surface area contributed by atoms with E-state index >= 15 is 0 Å². The zero-order valence-corrected chi connectivity index (χ0v) is 9.50. The molecule has 1 atom stereocenters. The Hall–Kier alpha value is -0.830. The van der Waals surface area contributed by atoms with E-state index in [2.05, 4.69) is 15.9 Å². The first-order valence-corrected chi connectivity index (χ1v) is 5.37. The maximum Gasteiger partial charge on any atom is 0.306 e. The Balaban J connectivity index is 2.34. The quantitative estimate of drug-likeness (QED) is 0.721. The van der Waals surface area contributed by atoms with Crippen molar-refractivity contribution in [3.63, 3.8) is 0 Å². The number of ether oxygens (including phenoxy) is 1. The van der Waals surface area contributed by atoms with Crippen LogP contribution in [0.2, 0.25) is 0 Å². The summed E-state index contributed by atoms with van der Waals surface area (Å²) in [5, 5.41) is 0. The van der Waals surface area contributed by atoms with Gasteiger partial charge in [-0.15, -0.1) is 0 Å². The highest BCUT2D eigenvalue weighted by Crippen LogP contribution is 2.36. The van der Waals surface area contributed by atoms with Gasteiger partial charge in [0.2, 0.25) is 0 Å². The fraction of sp³-hybridized carbons (Fsp3) is 0.364. The third-order valence-electron chi connectivity index (χ3n) is 2.58. The van der Waals surface area contributed by atoms with Crippen molar-refractivity contribution in [2.45, 2.75) is 25.4 Å². The average molecular weight is 255 g/mol. The minimum atomic E-state index is -0.430. The molecule has 2 rings (SSSR count). The van der Waals surface area contributed by atoms with Crippen LogP contribution in [0.25, 0.3) is 0 Å². The maximum atomic E-state index is 11.1. The van der Waals surface area contributed by atoms with Crippen LogP contribution in [-0.2, 0) is 15.1 Å². The van der Waals surface area contributed by atoms with Crippen molar-refractivity contribution in [2.75, 3.05) is 0 Å². The molecule has 0 aromatic heterocycles. The lowest BCUT2D eigenvalue weighted by Gasteiger charge is -2.23. The number of carbonyl (C=O) groups excluding carboxylic acids is 1. The van der Waals surface area contributed by atoms with E-state index < -0.39 is 5.60 Å². The highest BCUT2D eigenvalue weighted by molar-refractivity contribution is 9.10. The van der Waals surface area contributed by atoms with Crippen molar-refractivity contribution in [3.05, 3.63) is 34.3 Å². The molecule has 2 nitrogen and oxygen atoms in total. The van der Waals surface area contributed by atoms with E-state index in [0.717, 1.165) is 16.5 Å². The molecule has 0 amide bonds. The second-order valence-corrected chi connectivity index (χ2v) is 4.63. The lowest BCUT2D eigenvalue weighted by molar-refractivity contribution is -0.147. The Bertz CT molecular complexity index is 375. The van der Waals surface area contributed by atoms with E-state index in [9.17, 15) is 4.79 Å². The molecule has 74 valence electrons. The van der Waals surface area contributed by atoms with Crippen LogP contribution >= 0.6 is 15.9 Å². The normalized spacial score (nSPS) is 26.3. The number of rotatable bonds is 1. The van der Waals surface area contributed by atoms with Gasteiger partial charge in [0.05, 0.1) is 0 Å². The molecule has 0 saturated carbocycles. The van der Waals surface area contributed by atoms with Crippen molar-refractivity contribution in [3.8, 4) is 0 Å². The molecule has 1 aliphatic rings. The van der Waals surface area contributed by atoms with Crippen LogP contribution in [0.15, 0.2) is 28.7 Å². The molecular weight excluding hydrogens is 244 g/mol. The lowest BCUT2D eigenvalue weighted by Crippen LogP contribution is -2.20. The van der Waals surface area contributed by atoms with Crippen LogP contribution in [0.1, 0.15) is 25.3 Å². The molecule has 0 spiro atoms. The average Bonchev–Trinajstić information content (AvgIpc) is 2.48. The Morgan fingerprint density at radius 3 is 2.86 bits per heavy atom. The summed E-state index contributed by atoms with van der Waals surface area (Å²) in [6.45, 7) is 1.96. The maximum absolute atomic E-state index is 11.1. The van der Waals surface area contributed by atoms with Crippen LogP contribution in [0.3, 0.4) is 0 Å². The number of hydrogen-bond acceptors (Lipinski definition) is 2. The predicted octanol–water partition coefficient (Wildman–Crippen LogP) is 3.00. The van der Waals surface area contributed by atoms with E-state index in [1.54, 1.807) is 0 Å². The number of hydrogen-bond donors (Lipinski definition) is 0. The standard InChI is InChI=1S/C11H11BrO2/c1-11(6-5-10(13)14-11)8-3-2-4-9(12)7-8/h2-4,7H,5-6H2,1H3/t11-/m0/s1. The van der Waals surface area contributed by atoms with Gasteiger partial charge in [0.25, 0.3) is 0 Å². The number of halogens is 1. The van der Waals surface area contributed by atoms with Gasteiger partial charge in [-0.25, -0.2) is 0 Å². The van der Waals surface area contributed by atoms with Crippen molar-refractivity contribution in [2.24, 2.45) is 0 Å². The van der Waals surface area contributed by atoms with Gasteiger partial charge in [-0.3, -0.25) is 4.79 Å². The summed E-state index contributed by atoms with van der Waals surface area (Å²) in [7, 11) is 0. The van der Waals surface area contributed by atoms with Gasteiger partial charge in [0.15, 0.2) is 0 Å². The van der Waals surface area contributed by atoms with E-state index in [4.69, 9.17) is 4.74 Å². The van der Waals surface area contributed by atoms with E-state index in [1.165, 1.54) is 0 Å². The molecule has 0 bridgehead atoms. The second kappa shape index (κ2) is 3.39. The van der Waals surface area contributed by atoms with Gasteiger partial charge in [0.1, 0.15) is 5.60 Å². The van der Waals surface area contributed by atoms with Crippen LogP contribution in [0, 0.1) is 0 Å². The molecule has 1 heterocycles. The third kappa shape index (κ3) is 1.69. The first kappa shape index (κ1) is 9.71. The van der Waals surface area contributed by atoms with E-state index in [1.807, 2.05) is 31.2 Å². The molecular formula is C11H11BrO2. The van der Waals surface area contributed by atoms with Crippen molar-refractivity contribution in [1.29, 1.82) is 0 Å². The number of benzene rings is 1. The predicted molar refractivity (Wildman–Crippen MR) is 56.8 cm³/mol. The summed E-state index contributed by atoms with van der Waals surface area (Å²) >= 11 is 3.41. The van der Waals surface area contributed by atoms with Crippen LogP contribution in [0.5, 0.6) is 0 Å². The van der Waals surface area contributed by atoms with Gasteiger partial charge in [-0.2, -0.15) is 0 Å². The Morgan fingerprint density at radius 1 is 1.50 bits per heavy atom. The summed E-state index contributed by atoms with van der Waals surface area (Å²) in [5.41, 5.74) is 0.624. The molecule has 1 saturated heterocycles. The molecule has 0 aliphatic carbocycles. The molecule has 0 N–H and O–H groups in total. The Labute approximate surface area is 91.4 Å². The fourth-order valence-corrected chi connectivity index (χ4v) is 2.11. The SMILES string of the molecule is C[C@@]1(c2cccc(Br)c2)CCC(=O)O1. The monoisotopic (exact) mass is 254 g/mol. The molecule has 0 unspecified atom stereocenters. The zero-order chi connectivity index (χ0) is 10.2. The van der Waals surface area contributed by atoms with Crippen LogP contribution < -0.4 is 0 Å². The van der Waals surface area contributed by atoms with Gasteiger partial charge in [0, 0.05) is 17.3 Å². The fourth-order valence-electron chi connectivity index (χ4n) is 1.71. The first-order valence-electron chi connectivity index (χ1n) is 4.58. The first-order chi connectivity index (χ1) is 6.60. The summed E-state index contributed by atoms with van der Waals surface area (Å²) in [6, 6.07) is 7.91. The molecule has 1 aliphatic heterocycles. The van der Waals surface area contributed by atoms with Crippen molar-refractivity contribution >= 4 is 21.9 Å². The largest absolute Gasteiger partial charge is 0.454 e. The minimum Gasteiger partial charge on any atom is -0.454 e. The minimum absolute atomic E-state index is 0.104. The molecule has 14 heavy (non-hydrogen) atoms. The van der Waals surface area contributed by atoms with E-state index in [-0.39, 0.29) is 5.97 Å². The highest BCUT2D eigenvalue weighted by Gasteiger charge is 2.37. The molecule has 0 radical (unpaired) electrons. The number of carbonyl (C=O) groups is 1. The summed E-state index contributed by atoms with van der Waals surface area (Å²) in [5.74, 6) is -0.104. The van der Waals surface area contributed by atoms with Crippen LogP contribution in [-0.4, -0.2) is 5.97 Å². The summed E-state index contributed by atoms with van der Waals surface area (Å²) in [6.07, 6.45) is 1.28. The highest BCUT2D eigenvalue weighted by atomic mass is 79.9. The summed E-state index contributed by atoms with van der Waals surface area (Å²) in [4.78, 5) is 11.1. The van der Waals surface area contributed by atoms with Crippen LogP contribution in [0.4, 0.5) is 0 Å². The van der Waals surface area contributed by atoms with Crippen molar-refractivity contribution < 1.29 is 9.53 Å². The summed E-state index contributed by atoms with van der Waals surface area (Å²) < 4.78 is 6.34. The molecule has 1 fully saturated rings. The third-order valence-corrected chi connectivity index (χ3v) is 3.07. The Morgan fingerprint density at radius 2 is 2.29 bits per heavy atom. The second-order valence-electron chi connectivity index (χ2n) is 3.72. The number of esters is 1. The Kier molecular flexibility index (Phi) is 2.35. The topological polar surface area (TPSA) is 26.3 Å². The van der Waals surface area contributed by atoms with Gasteiger partial charge in [-0.05, 0) is 24.6 Å². The van der Waals surface area contributed by atoms with Crippen molar-refractivity contribution in [1.82, 2.24) is 0 Å². The zero-order valence-electron chi connectivity index (χ0n) is 7.92. The molecule has 1 aromatic rings. The molecule has 1 aromatic carbocycles. The molecule has 3 heteroatoms. The van der Waals surface area contributed by atoms with Gasteiger partial charge >= 0.3 is 5.97 Å².